The van der Waals surface area contributed by atoms with Crippen molar-refractivity contribution in [1.29, 1.82) is 0 Å². The number of nitrogens with one attached hydrogen (secondary N) is 1. The van der Waals surface area contributed by atoms with Gasteiger partial charge in [-0.2, -0.15) is 0 Å². The van der Waals surface area contributed by atoms with Crippen molar-refractivity contribution in [2.45, 2.75) is 0 Å². The summed E-state index contributed by atoms with van der Waals surface area (Å²) >= 11 is 3.39. The Morgan fingerprint density at radius 2 is 2.07 bits per heavy atom. The molecular weight excluding hydrogens is 258 g/mol. The van der Waals surface area contributed by atoms with Crippen LogP contribution < -0.4 is 11.3 Å². The molecule has 0 radical (unpaired) electrons. The van der Waals surface area contributed by atoms with Crippen molar-refractivity contribution in [2.24, 2.45) is 0 Å². The Labute approximate surface area is 94.3 Å². The minimum Gasteiger partial charge on any atom is -0.369 e. The second-order valence-corrected chi connectivity index (χ2v) is 3.85. The molecule has 0 saturated heterocycles. The summed E-state index contributed by atoms with van der Waals surface area (Å²) in [7, 11) is 0. The Balaban J connectivity index is 2.64. The molecule has 4 nitrogen and oxygen atoms in total. The van der Waals surface area contributed by atoms with E-state index in [1.54, 1.807) is 0 Å². The number of benzene rings is 1. The predicted octanol–water partition coefficient (Wildman–Crippen LogP) is 1.78. The summed E-state index contributed by atoms with van der Waals surface area (Å²) in [5.41, 5.74) is 6.61. The SMILES string of the molecule is Nc1nc(-c2ccccc2Br)cc(=O)[nH]1. The number of halogens is 1. The number of anilines is 1. The van der Waals surface area contributed by atoms with E-state index in [9.17, 15) is 4.79 Å². The zero-order chi connectivity index (χ0) is 10.8. The lowest BCUT2D eigenvalue weighted by Gasteiger charge is -2.03. The molecule has 0 spiro atoms. The van der Waals surface area contributed by atoms with E-state index < -0.39 is 0 Å². The first-order valence-electron chi connectivity index (χ1n) is 4.28. The van der Waals surface area contributed by atoms with E-state index in [-0.39, 0.29) is 11.5 Å². The molecule has 0 aliphatic rings. The third kappa shape index (κ3) is 2.07. The van der Waals surface area contributed by atoms with Crippen LogP contribution in [-0.4, -0.2) is 9.97 Å². The van der Waals surface area contributed by atoms with Crippen molar-refractivity contribution in [2.75, 3.05) is 5.73 Å². The van der Waals surface area contributed by atoms with Crippen LogP contribution in [0.1, 0.15) is 0 Å². The van der Waals surface area contributed by atoms with Gasteiger partial charge in [-0.15, -0.1) is 0 Å². The maximum absolute atomic E-state index is 11.2. The molecule has 0 atom stereocenters. The van der Waals surface area contributed by atoms with Crippen LogP contribution in [0.15, 0.2) is 39.6 Å². The Morgan fingerprint density at radius 3 is 2.73 bits per heavy atom. The first-order chi connectivity index (χ1) is 7.16. The van der Waals surface area contributed by atoms with E-state index in [4.69, 9.17) is 5.73 Å². The Kier molecular flexibility index (Phi) is 2.55. The molecule has 0 amide bonds. The van der Waals surface area contributed by atoms with Crippen LogP contribution in [0.25, 0.3) is 11.3 Å². The molecule has 0 unspecified atom stereocenters. The highest BCUT2D eigenvalue weighted by Crippen LogP contribution is 2.25. The van der Waals surface area contributed by atoms with Crippen molar-refractivity contribution in [3.63, 3.8) is 0 Å². The third-order valence-electron chi connectivity index (χ3n) is 1.91. The van der Waals surface area contributed by atoms with Crippen LogP contribution in [0.2, 0.25) is 0 Å². The lowest BCUT2D eigenvalue weighted by Crippen LogP contribution is -2.10. The standard InChI is InChI=1S/C10H8BrN3O/c11-7-4-2-1-3-6(7)8-5-9(15)14-10(12)13-8/h1-5H,(H3,12,13,14,15). The van der Waals surface area contributed by atoms with Gasteiger partial charge in [-0.3, -0.25) is 9.78 Å². The summed E-state index contributed by atoms with van der Waals surface area (Å²) < 4.78 is 0.877. The van der Waals surface area contributed by atoms with Crippen LogP contribution in [-0.2, 0) is 0 Å². The first kappa shape index (κ1) is 9.92. The molecule has 2 aromatic rings. The van der Waals surface area contributed by atoms with Gasteiger partial charge in [-0.05, 0) is 6.07 Å². The van der Waals surface area contributed by atoms with E-state index in [1.807, 2.05) is 24.3 Å². The molecule has 1 aromatic carbocycles. The van der Waals surface area contributed by atoms with E-state index >= 15 is 0 Å². The van der Waals surface area contributed by atoms with E-state index in [0.717, 1.165) is 10.0 Å². The quantitative estimate of drug-likeness (QED) is 0.826. The van der Waals surface area contributed by atoms with Gasteiger partial charge in [0.05, 0.1) is 5.69 Å². The Hall–Kier alpha value is -1.62. The molecule has 1 heterocycles. The number of nitrogen functional groups attached to an aromatic ring is 1. The monoisotopic (exact) mass is 265 g/mol. The van der Waals surface area contributed by atoms with Crippen molar-refractivity contribution in [3.8, 4) is 11.3 Å². The molecule has 15 heavy (non-hydrogen) atoms. The van der Waals surface area contributed by atoms with Crippen molar-refractivity contribution in [3.05, 3.63) is 45.2 Å². The fraction of sp³-hybridized carbons (Fsp3) is 0. The molecule has 0 aliphatic carbocycles. The second kappa shape index (κ2) is 3.86. The number of rotatable bonds is 1. The summed E-state index contributed by atoms with van der Waals surface area (Å²) in [6, 6.07) is 8.93. The van der Waals surface area contributed by atoms with Gasteiger partial charge in [0, 0.05) is 16.1 Å². The minimum absolute atomic E-state index is 0.119. The highest BCUT2D eigenvalue weighted by Gasteiger charge is 2.05. The summed E-state index contributed by atoms with van der Waals surface area (Å²) in [4.78, 5) is 17.7. The number of aromatic amines is 1. The summed E-state index contributed by atoms with van der Waals surface area (Å²) in [6.07, 6.45) is 0. The number of hydrogen-bond donors (Lipinski definition) is 2. The van der Waals surface area contributed by atoms with E-state index in [1.165, 1.54) is 6.07 Å². The van der Waals surface area contributed by atoms with Gasteiger partial charge in [-0.25, -0.2) is 4.98 Å². The number of hydrogen-bond acceptors (Lipinski definition) is 3. The summed E-state index contributed by atoms with van der Waals surface area (Å²) in [5.74, 6) is 0.119. The Morgan fingerprint density at radius 1 is 1.33 bits per heavy atom. The highest BCUT2D eigenvalue weighted by atomic mass is 79.9. The maximum Gasteiger partial charge on any atom is 0.252 e. The van der Waals surface area contributed by atoms with Crippen LogP contribution in [0.5, 0.6) is 0 Å². The molecule has 2 rings (SSSR count). The third-order valence-corrected chi connectivity index (χ3v) is 2.60. The average Bonchev–Trinajstić information content (AvgIpc) is 2.16. The van der Waals surface area contributed by atoms with Crippen molar-refractivity contribution in [1.82, 2.24) is 9.97 Å². The average molecular weight is 266 g/mol. The van der Waals surface area contributed by atoms with Crippen LogP contribution >= 0.6 is 15.9 Å². The highest BCUT2D eigenvalue weighted by molar-refractivity contribution is 9.10. The molecular formula is C10H8BrN3O. The molecule has 5 heteroatoms. The number of nitrogens with two attached hydrogens (primary N) is 1. The molecule has 0 saturated carbocycles. The lowest BCUT2D eigenvalue weighted by atomic mass is 10.1. The summed E-state index contributed by atoms with van der Waals surface area (Å²) in [5, 5.41) is 0. The zero-order valence-electron chi connectivity index (χ0n) is 7.70. The second-order valence-electron chi connectivity index (χ2n) is 3.00. The zero-order valence-corrected chi connectivity index (χ0v) is 9.28. The van der Waals surface area contributed by atoms with Crippen molar-refractivity contribution < 1.29 is 0 Å². The minimum atomic E-state index is -0.256. The van der Waals surface area contributed by atoms with Gasteiger partial charge in [0.1, 0.15) is 0 Å². The van der Waals surface area contributed by atoms with E-state index in [0.29, 0.717) is 5.69 Å². The van der Waals surface area contributed by atoms with Crippen LogP contribution in [0.4, 0.5) is 5.95 Å². The Bertz CT molecular complexity index is 550. The number of aromatic nitrogens is 2. The van der Waals surface area contributed by atoms with Crippen LogP contribution in [0.3, 0.4) is 0 Å². The molecule has 76 valence electrons. The smallest absolute Gasteiger partial charge is 0.252 e. The molecule has 0 aliphatic heterocycles. The lowest BCUT2D eigenvalue weighted by molar-refractivity contribution is 1.14. The van der Waals surface area contributed by atoms with Crippen LogP contribution in [0, 0.1) is 0 Å². The molecule has 0 bridgehead atoms. The van der Waals surface area contributed by atoms with Gasteiger partial charge in [0.15, 0.2) is 0 Å². The predicted molar refractivity (Wildman–Crippen MR) is 62.4 cm³/mol. The number of H-pyrrole nitrogens is 1. The topological polar surface area (TPSA) is 71.8 Å². The maximum atomic E-state index is 11.2. The van der Waals surface area contributed by atoms with Gasteiger partial charge in [0.2, 0.25) is 5.95 Å². The fourth-order valence-electron chi connectivity index (χ4n) is 1.28. The van der Waals surface area contributed by atoms with E-state index in [2.05, 4.69) is 25.9 Å². The van der Waals surface area contributed by atoms with Gasteiger partial charge in [-0.1, -0.05) is 34.1 Å². The van der Waals surface area contributed by atoms with Gasteiger partial charge in [0.25, 0.3) is 5.56 Å². The molecule has 0 fully saturated rings. The number of nitrogens with zero attached hydrogens (tertiary/aromatic N) is 1. The largest absolute Gasteiger partial charge is 0.369 e. The van der Waals surface area contributed by atoms with Gasteiger partial charge < -0.3 is 5.73 Å². The normalized spacial score (nSPS) is 10.2. The first-order valence-corrected chi connectivity index (χ1v) is 5.08. The fourth-order valence-corrected chi connectivity index (χ4v) is 1.77. The molecule has 1 aromatic heterocycles. The van der Waals surface area contributed by atoms with Gasteiger partial charge >= 0.3 is 0 Å². The van der Waals surface area contributed by atoms with Crippen molar-refractivity contribution >= 4 is 21.9 Å². The summed E-state index contributed by atoms with van der Waals surface area (Å²) in [6.45, 7) is 0. The molecule has 3 N–H and O–H groups in total.